The van der Waals surface area contributed by atoms with Crippen molar-refractivity contribution in [2.45, 2.75) is 6.04 Å². The highest BCUT2D eigenvalue weighted by Crippen LogP contribution is 2.21. The number of fused-ring (bicyclic) bond motifs is 1. The van der Waals surface area contributed by atoms with Crippen molar-refractivity contribution in [1.82, 2.24) is 10.2 Å². The second-order valence-electron chi connectivity index (χ2n) is 7.16. The van der Waals surface area contributed by atoms with Crippen LogP contribution in [0, 0.1) is 0 Å². The fraction of sp³-hybridized carbons (Fsp3) is 0.273. The van der Waals surface area contributed by atoms with Crippen molar-refractivity contribution in [2.75, 3.05) is 39.6 Å². The molecule has 0 radical (unpaired) electrons. The van der Waals surface area contributed by atoms with E-state index < -0.39 is 11.5 Å². The number of carbonyl (C=O) groups is 1. The first-order valence-electron chi connectivity index (χ1n) is 9.11. The van der Waals surface area contributed by atoms with Gasteiger partial charge in [-0.15, -0.1) is 0 Å². The summed E-state index contributed by atoms with van der Waals surface area (Å²) in [5, 5.41) is 3.59. The van der Waals surface area contributed by atoms with Crippen LogP contribution < -0.4 is 15.8 Å². The zero-order chi connectivity index (χ0) is 20.3. The number of likely N-dealkylation sites (N-methyl/N-ethyl adjacent to an activating group) is 1. The largest absolute Gasteiger partial charge is 0.422 e. The van der Waals surface area contributed by atoms with E-state index in [1.54, 1.807) is 18.2 Å². The third-order valence-corrected chi connectivity index (χ3v) is 4.76. The van der Waals surface area contributed by atoms with Gasteiger partial charge in [-0.2, -0.15) is 0 Å². The number of carbonyl (C=O) groups excluding carboxylic acids is 1. The lowest BCUT2D eigenvalue weighted by Crippen LogP contribution is -2.36. The van der Waals surface area contributed by atoms with Crippen molar-refractivity contribution in [1.29, 1.82) is 0 Å². The molecule has 6 heteroatoms. The molecule has 0 fully saturated rings. The smallest absolute Gasteiger partial charge is 0.349 e. The lowest BCUT2D eigenvalue weighted by atomic mass is 10.0. The van der Waals surface area contributed by atoms with Crippen LogP contribution in [0.2, 0.25) is 0 Å². The minimum absolute atomic E-state index is 0.0131. The standard InChI is InChI=1S/C22H25N3O3/c1-24(2)17-11-9-15(10-12-17)19(25(3)4)14-23-21(26)18-13-16-7-5-6-8-20(16)28-22(18)27/h5-13,19H,14H2,1-4H3,(H,23,26)/t19-/m0/s1. The first-order valence-corrected chi connectivity index (χ1v) is 9.11. The Kier molecular flexibility index (Phi) is 5.80. The molecule has 146 valence electrons. The van der Waals surface area contributed by atoms with Gasteiger partial charge in [-0.25, -0.2) is 4.79 Å². The lowest BCUT2D eigenvalue weighted by Gasteiger charge is -2.25. The second kappa shape index (κ2) is 8.27. The topological polar surface area (TPSA) is 65.8 Å². The zero-order valence-corrected chi connectivity index (χ0v) is 16.6. The third-order valence-electron chi connectivity index (χ3n) is 4.76. The zero-order valence-electron chi connectivity index (χ0n) is 16.6. The van der Waals surface area contributed by atoms with Gasteiger partial charge in [0.25, 0.3) is 5.91 Å². The highest BCUT2D eigenvalue weighted by molar-refractivity contribution is 5.96. The summed E-state index contributed by atoms with van der Waals surface area (Å²) < 4.78 is 5.26. The number of para-hydroxylation sites is 1. The van der Waals surface area contributed by atoms with Crippen molar-refractivity contribution < 1.29 is 9.21 Å². The van der Waals surface area contributed by atoms with Gasteiger partial charge in [0.15, 0.2) is 0 Å². The van der Waals surface area contributed by atoms with E-state index in [0.29, 0.717) is 12.1 Å². The van der Waals surface area contributed by atoms with Crippen LogP contribution >= 0.6 is 0 Å². The molecule has 1 N–H and O–H groups in total. The van der Waals surface area contributed by atoms with Crippen LogP contribution in [-0.2, 0) is 0 Å². The Bertz CT molecular complexity index is 1020. The number of nitrogens with zero attached hydrogens (tertiary/aromatic N) is 2. The van der Waals surface area contributed by atoms with Crippen LogP contribution in [-0.4, -0.2) is 45.5 Å². The van der Waals surface area contributed by atoms with Gasteiger partial charge >= 0.3 is 5.63 Å². The molecule has 6 nitrogen and oxygen atoms in total. The number of rotatable bonds is 6. The fourth-order valence-corrected chi connectivity index (χ4v) is 3.10. The maximum absolute atomic E-state index is 12.6. The SMILES string of the molecule is CN(C)c1ccc([C@H](CNC(=O)c2cc3ccccc3oc2=O)N(C)C)cc1. The molecular weight excluding hydrogens is 354 g/mol. The van der Waals surface area contributed by atoms with Gasteiger partial charge in [0.05, 0.1) is 6.04 Å². The monoisotopic (exact) mass is 379 g/mol. The summed E-state index contributed by atoms with van der Waals surface area (Å²) in [6.45, 7) is 0.374. The Morgan fingerprint density at radius 2 is 1.71 bits per heavy atom. The normalized spacial score (nSPS) is 12.2. The first-order chi connectivity index (χ1) is 13.4. The first kappa shape index (κ1) is 19.6. The molecule has 0 bridgehead atoms. The number of amides is 1. The van der Waals surface area contributed by atoms with Gasteiger partial charge in [-0.05, 0) is 43.9 Å². The Morgan fingerprint density at radius 3 is 2.36 bits per heavy atom. The highest BCUT2D eigenvalue weighted by Gasteiger charge is 2.18. The maximum atomic E-state index is 12.6. The van der Waals surface area contributed by atoms with Crippen LogP contribution in [0.1, 0.15) is 22.0 Å². The molecule has 0 aliphatic heterocycles. The third kappa shape index (κ3) is 4.23. The number of hydrogen-bond donors (Lipinski definition) is 1. The molecule has 28 heavy (non-hydrogen) atoms. The van der Waals surface area contributed by atoms with E-state index in [0.717, 1.165) is 16.6 Å². The van der Waals surface area contributed by atoms with E-state index in [2.05, 4.69) is 17.4 Å². The van der Waals surface area contributed by atoms with Crippen molar-refractivity contribution in [3.63, 3.8) is 0 Å². The molecule has 1 aromatic heterocycles. The minimum Gasteiger partial charge on any atom is -0.422 e. The summed E-state index contributed by atoms with van der Waals surface area (Å²) in [5.74, 6) is -0.434. The van der Waals surface area contributed by atoms with Crippen LogP contribution in [0.25, 0.3) is 11.0 Å². The van der Waals surface area contributed by atoms with E-state index in [4.69, 9.17) is 4.42 Å². The van der Waals surface area contributed by atoms with Crippen LogP contribution in [0.4, 0.5) is 5.69 Å². The summed E-state index contributed by atoms with van der Waals surface area (Å²) in [6, 6.07) is 16.9. The number of hydrogen-bond acceptors (Lipinski definition) is 5. The summed E-state index contributed by atoms with van der Waals surface area (Å²) in [4.78, 5) is 28.9. The molecule has 1 amide bonds. The van der Waals surface area contributed by atoms with Gasteiger partial charge in [-0.3, -0.25) is 4.79 Å². The van der Waals surface area contributed by atoms with Crippen LogP contribution in [0.3, 0.4) is 0 Å². The Morgan fingerprint density at radius 1 is 1.04 bits per heavy atom. The molecule has 0 aliphatic rings. The van der Waals surface area contributed by atoms with E-state index >= 15 is 0 Å². The molecule has 0 aliphatic carbocycles. The van der Waals surface area contributed by atoms with E-state index in [1.165, 1.54) is 0 Å². The number of benzene rings is 2. The predicted octanol–water partition coefficient (Wildman–Crippen LogP) is 2.89. The highest BCUT2D eigenvalue weighted by atomic mass is 16.4. The van der Waals surface area contributed by atoms with Crippen molar-refractivity contribution in [2.24, 2.45) is 0 Å². The molecule has 0 spiro atoms. The van der Waals surface area contributed by atoms with Gasteiger partial charge in [0, 0.05) is 31.7 Å². The molecule has 3 aromatic rings. The van der Waals surface area contributed by atoms with Crippen molar-refractivity contribution in [3.8, 4) is 0 Å². The van der Waals surface area contributed by atoms with Gasteiger partial charge in [0.1, 0.15) is 11.1 Å². The minimum atomic E-state index is -0.632. The molecule has 0 saturated carbocycles. The average molecular weight is 379 g/mol. The Hall–Kier alpha value is -3.12. The quantitative estimate of drug-likeness (QED) is 0.667. The summed E-state index contributed by atoms with van der Waals surface area (Å²) in [7, 11) is 7.91. The maximum Gasteiger partial charge on any atom is 0.349 e. The fourth-order valence-electron chi connectivity index (χ4n) is 3.10. The Balaban J connectivity index is 1.77. The van der Waals surface area contributed by atoms with E-state index in [9.17, 15) is 9.59 Å². The summed E-state index contributed by atoms with van der Waals surface area (Å²) >= 11 is 0. The summed E-state index contributed by atoms with van der Waals surface area (Å²) in [6.07, 6.45) is 0. The predicted molar refractivity (Wildman–Crippen MR) is 112 cm³/mol. The number of anilines is 1. The van der Waals surface area contributed by atoms with Crippen LogP contribution in [0.15, 0.2) is 63.8 Å². The molecule has 3 rings (SSSR count). The van der Waals surface area contributed by atoms with Crippen molar-refractivity contribution in [3.05, 3.63) is 76.1 Å². The van der Waals surface area contributed by atoms with Gasteiger partial charge < -0.3 is 19.5 Å². The van der Waals surface area contributed by atoms with Gasteiger partial charge in [0.2, 0.25) is 0 Å². The number of nitrogens with one attached hydrogen (secondary N) is 1. The molecule has 0 unspecified atom stereocenters. The second-order valence-corrected chi connectivity index (χ2v) is 7.16. The molecule has 1 atom stereocenters. The van der Waals surface area contributed by atoms with Crippen LogP contribution in [0.5, 0.6) is 0 Å². The molecule has 1 heterocycles. The van der Waals surface area contributed by atoms with Crippen molar-refractivity contribution >= 4 is 22.6 Å². The lowest BCUT2D eigenvalue weighted by molar-refractivity contribution is 0.0938. The Labute approximate surface area is 164 Å². The van der Waals surface area contributed by atoms with E-state index in [-0.39, 0.29) is 11.6 Å². The molecule has 0 saturated heterocycles. The average Bonchev–Trinajstić information content (AvgIpc) is 2.67. The van der Waals surface area contributed by atoms with E-state index in [1.807, 2.05) is 62.3 Å². The van der Waals surface area contributed by atoms with Gasteiger partial charge in [-0.1, -0.05) is 30.3 Å². The summed E-state index contributed by atoms with van der Waals surface area (Å²) in [5.41, 5.74) is 2.05. The molecule has 2 aromatic carbocycles. The molecular formula is C22H25N3O3.